The number of hydrogen-bond donors (Lipinski definition) is 2. The fourth-order valence-electron chi connectivity index (χ4n) is 4.01. The first-order valence-electron chi connectivity index (χ1n) is 9.64. The molecular formula is C18H25FN6O4S. The SMILES string of the molecule is COc1cc2ncnc(N3CCN(C4(CNS(N)(=O)=O)CC4)CC3)c2cc1OCF. The minimum Gasteiger partial charge on any atom is -0.493 e. The summed E-state index contributed by atoms with van der Waals surface area (Å²) in [5.41, 5.74) is 0.531. The quantitative estimate of drug-likeness (QED) is 0.604. The molecular weight excluding hydrogens is 415 g/mol. The van der Waals surface area contributed by atoms with Crippen molar-refractivity contribution in [2.24, 2.45) is 5.14 Å². The third kappa shape index (κ3) is 4.26. The van der Waals surface area contributed by atoms with Gasteiger partial charge in [-0.2, -0.15) is 8.42 Å². The topological polar surface area (TPSA) is 123 Å². The van der Waals surface area contributed by atoms with E-state index >= 15 is 0 Å². The van der Waals surface area contributed by atoms with Crippen LogP contribution in [0.3, 0.4) is 0 Å². The third-order valence-electron chi connectivity index (χ3n) is 5.79. The van der Waals surface area contributed by atoms with Gasteiger partial charge in [-0.3, -0.25) is 4.90 Å². The first-order valence-corrected chi connectivity index (χ1v) is 11.2. The number of aromatic nitrogens is 2. The zero-order chi connectivity index (χ0) is 21.4. The molecule has 10 nitrogen and oxygen atoms in total. The first-order chi connectivity index (χ1) is 14.3. The van der Waals surface area contributed by atoms with E-state index in [1.165, 1.54) is 13.4 Å². The molecule has 2 aromatic rings. The molecule has 1 aliphatic carbocycles. The number of halogens is 1. The fourth-order valence-corrected chi connectivity index (χ4v) is 4.48. The lowest BCUT2D eigenvalue weighted by molar-refractivity contribution is 0.167. The highest BCUT2D eigenvalue weighted by atomic mass is 32.2. The molecule has 0 radical (unpaired) electrons. The standard InChI is InChI=1S/C18H25FN6O4S/c1-28-15-9-14-13(8-16(15)29-11-19)17(22-12-21-14)24-4-6-25(7-5-24)18(2-3-18)10-23-30(20,26)27/h8-9,12,23H,2-7,10-11H2,1H3,(H2,20,26,27). The molecule has 3 N–H and O–H groups in total. The Bertz CT molecular complexity index is 1020. The van der Waals surface area contributed by atoms with Crippen LogP contribution < -0.4 is 24.2 Å². The van der Waals surface area contributed by atoms with Crippen LogP contribution in [0.25, 0.3) is 10.9 Å². The van der Waals surface area contributed by atoms with Gasteiger partial charge in [0.15, 0.2) is 11.5 Å². The van der Waals surface area contributed by atoms with Crippen molar-refractivity contribution >= 4 is 26.9 Å². The molecule has 2 heterocycles. The predicted octanol–water partition coefficient (Wildman–Crippen LogP) is 0.392. The Kier molecular flexibility index (Phi) is 5.66. The number of nitrogens with two attached hydrogens (primary N) is 1. The first kappa shape index (κ1) is 21.0. The van der Waals surface area contributed by atoms with Crippen LogP contribution in [0.15, 0.2) is 18.5 Å². The highest BCUT2D eigenvalue weighted by molar-refractivity contribution is 7.87. The normalized spacial score (nSPS) is 19.1. The summed E-state index contributed by atoms with van der Waals surface area (Å²) in [6, 6.07) is 3.41. The summed E-state index contributed by atoms with van der Waals surface area (Å²) >= 11 is 0. The van der Waals surface area contributed by atoms with Crippen LogP contribution in [0.5, 0.6) is 11.5 Å². The molecule has 0 spiro atoms. The monoisotopic (exact) mass is 440 g/mol. The minimum atomic E-state index is -3.70. The lowest BCUT2D eigenvalue weighted by Crippen LogP contribution is -2.55. The maximum atomic E-state index is 12.8. The summed E-state index contributed by atoms with van der Waals surface area (Å²) in [5, 5.41) is 5.84. The van der Waals surface area contributed by atoms with Gasteiger partial charge in [-0.05, 0) is 18.9 Å². The number of nitrogens with zero attached hydrogens (tertiary/aromatic N) is 4. The van der Waals surface area contributed by atoms with Crippen LogP contribution in [0.1, 0.15) is 12.8 Å². The van der Waals surface area contributed by atoms with E-state index in [1.807, 2.05) is 0 Å². The van der Waals surface area contributed by atoms with E-state index in [2.05, 4.69) is 24.5 Å². The second-order valence-electron chi connectivity index (χ2n) is 7.54. The van der Waals surface area contributed by atoms with Gasteiger partial charge in [0.25, 0.3) is 10.2 Å². The van der Waals surface area contributed by atoms with Crippen molar-refractivity contribution in [1.29, 1.82) is 0 Å². The highest BCUT2D eigenvalue weighted by Crippen LogP contribution is 2.42. The van der Waals surface area contributed by atoms with Crippen molar-refractivity contribution in [2.75, 3.05) is 51.6 Å². The van der Waals surface area contributed by atoms with E-state index in [0.717, 1.165) is 37.1 Å². The van der Waals surface area contributed by atoms with Crippen LogP contribution in [-0.4, -0.2) is 75.5 Å². The van der Waals surface area contributed by atoms with Gasteiger partial charge in [-0.25, -0.2) is 24.2 Å². The van der Waals surface area contributed by atoms with E-state index in [9.17, 15) is 12.8 Å². The molecule has 30 heavy (non-hydrogen) atoms. The molecule has 12 heteroatoms. The zero-order valence-corrected chi connectivity index (χ0v) is 17.5. The van der Waals surface area contributed by atoms with Crippen LogP contribution >= 0.6 is 0 Å². The maximum Gasteiger partial charge on any atom is 0.274 e. The summed E-state index contributed by atoms with van der Waals surface area (Å²) in [7, 11) is -2.21. The Balaban J connectivity index is 1.51. The van der Waals surface area contributed by atoms with Crippen LogP contribution in [0.2, 0.25) is 0 Å². The highest BCUT2D eigenvalue weighted by Gasteiger charge is 2.48. The molecule has 1 aromatic carbocycles. The fraction of sp³-hybridized carbons (Fsp3) is 0.556. The Morgan fingerprint density at radius 2 is 1.93 bits per heavy atom. The number of piperazine rings is 1. The van der Waals surface area contributed by atoms with Crippen molar-refractivity contribution in [3.8, 4) is 11.5 Å². The molecule has 164 valence electrons. The predicted molar refractivity (Wildman–Crippen MR) is 110 cm³/mol. The van der Waals surface area contributed by atoms with E-state index in [4.69, 9.17) is 14.6 Å². The number of hydrogen-bond acceptors (Lipinski definition) is 8. The summed E-state index contributed by atoms with van der Waals surface area (Å²) in [5.74, 6) is 1.46. The van der Waals surface area contributed by atoms with E-state index < -0.39 is 17.1 Å². The van der Waals surface area contributed by atoms with Crippen molar-refractivity contribution in [3.63, 3.8) is 0 Å². The molecule has 2 fully saturated rings. The molecule has 0 atom stereocenters. The smallest absolute Gasteiger partial charge is 0.274 e. The van der Waals surface area contributed by atoms with Crippen molar-refractivity contribution in [1.82, 2.24) is 19.6 Å². The summed E-state index contributed by atoms with van der Waals surface area (Å²) in [6.45, 7) is 2.33. The van der Waals surface area contributed by atoms with E-state index in [0.29, 0.717) is 36.6 Å². The lowest BCUT2D eigenvalue weighted by Gasteiger charge is -2.40. The average molecular weight is 441 g/mol. The van der Waals surface area contributed by atoms with Gasteiger partial charge >= 0.3 is 0 Å². The molecule has 0 unspecified atom stereocenters. The summed E-state index contributed by atoms with van der Waals surface area (Å²) in [4.78, 5) is 13.2. The molecule has 4 rings (SSSR count). The largest absolute Gasteiger partial charge is 0.493 e. The number of rotatable bonds is 8. The summed E-state index contributed by atoms with van der Waals surface area (Å²) in [6.07, 6.45) is 3.38. The minimum absolute atomic E-state index is 0.151. The molecule has 0 bridgehead atoms. The molecule has 1 aliphatic heterocycles. The van der Waals surface area contributed by atoms with Gasteiger partial charge in [-0.15, -0.1) is 0 Å². The Morgan fingerprint density at radius 3 is 2.53 bits per heavy atom. The van der Waals surface area contributed by atoms with Crippen molar-refractivity contribution < 1.29 is 22.3 Å². The number of anilines is 1. The van der Waals surface area contributed by atoms with E-state index in [-0.39, 0.29) is 5.54 Å². The van der Waals surface area contributed by atoms with Crippen LogP contribution in [0.4, 0.5) is 10.2 Å². The molecule has 1 aromatic heterocycles. The lowest BCUT2D eigenvalue weighted by atomic mass is 10.1. The number of fused-ring (bicyclic) bond motifs is 1. The Morgan fingerprint density at radius 1 is 1.20 bits per heavy atom. The van der Waals surface area contributed by atoms with Gasteiger partial charge in [-0.1, -0.05) is 0 Å². The average Bonchev–Trinajstić information content (AvgIpc) is 3.53. The number of benzene rings is 1. The third-order valence-corrected chi connectivity index (χ3v) is 6.34. The van der Waals surface area contributed by atoms with Gasteiger partial charge in [0.2, 0.25) is 6.86 Å². The van der Waals surface area contributed by atoms with Gasteiger partial charge in [0.1, 0.15) is 12.1 Å². The van der Waals surface area contributed by atoms with Crippen molar-refractivity contribution in [3.05, 3.63) is 18.5 Å². The number of methoxy groups -OCH3 is 1. The second kappa shape index (κ2) is 8.10. The number of nitrogens with one attached hydrogen (secondary N) is 1. The summed E-state index contributed by atoms with van der Waals surface area (Å²) < 4.78 is 48.0. The number of alkyl halides is 1. The molecule has 2 aliphatic rings. The van der Waals surface area contributed by atoms with Gasteiger partial charge in [0.05, 0.1) is 12.6 Å². The maximum absolute atomic E-state index is 12.8. The van der Waals surface area contributed by atoms with E-state index in [1.54, 1.807) is 12.1 Å². The molecule has 1 saturated carbocycles. The second-order valence-corrected chi connectivity index (χ2v) is 8.91. The Labute approximate surface area is 174 Å². The van der Waals surface area contributed by atoms with Crippen molar-refractivity contribution in [2.45, 2.75) is 18.4 Å². The zero-order valence-electron chi connectivity index (χ0n) is 16.7. The Hall–Kier alpha value is -2.28. The van der Waals surface area contributed by atoms with Crippen LogP contribution in [0, 0.1) is 0 Å². The van der Waals surface area contributed by atoms with Crippen LogP contribution in [-0.2, 0) is 10.2 Å². The molecule has 0 amide bonds. The number of ether oxygens (including phenoxy) is 2. The van der Waals surface area contributed by atoms with Gasteiger partial charge in [0, 0.05) is 49.7 Å². The van der Waals surface area contributed by atoms with Gasteiger partial charge < -0.3 is 14.4 Å². The molecule has 1 saturated heterocycles.